The fourth-order valence-corrected chi connectivity index (χ4v) is 1.77. The molecule has 1 heteroatoms. The van der Waals surface area contributed by atoms with Gasteiger partial charge in [-0.25, -0.2) is 0 Å². The van der Waals surface area contributed by atoms with Crippen molar-refractivity contribution in [1.29, 1.82) is 0 Å². The molecule has 0 spiro atoms. The lowest BCUT2D eigenvalue weighted by Crippen LogP contribution is -2.02. The van der Waals surface area contributed by atoms with Crippen LogP contribution in [-0.2, 0) is 0 Å². The van der Waals surface area contributed by atoms with Gasteiger partial charge in [-0.05, 0) is 43.9 Å². The average molecular weight is 198 g/mol. The van der Waals surface area contributed by atoms with Gasteiger partial charge in [0.05, 0.1) is 0 Å². The van der Waals surface area contributed by atoms with Crippen LogP contribution in [-0.4, -0.2) is 4.86 Å². The zero-order valence-corrected chi connectivity index (χ0v) is 10.0. The van der Waals surface area contributed by atoms with Crippen molar-refractivity contribution in [1.82, 2.24) is 0 Å². The first-order chi connectivity index (χ1) is 6.06. The molecule has 76 valence electrons. The van der Waals surface area contributed by atoms with E-state index in [1.165, 1.54) is 31.3 Å². The second-order valence-corrected chi connectivity index (χ2v) is 4.75. The van der Waals surface area contributed by atoms with Crippen molar-refractivity contribution in [3.05, 3.63) is 12.2 Å². The van der Waals surface area contributed by atoms with Gasteiger partial charge in [0.2, 0.25) is 0 Å². The molecule has 0 heterocycles. The third-order valence-electron chi connectivity index (χ3n) is 2.24. The molecule has 0 bridgehead atoms. The Bertz CT molecular complexity index is 170. The monoisotopic (exact) mass is 198 g/mol. The van der Waals surface area contributed by atoms with Crippen LogP contribution in [0.4, 0.5) is 0 Å². The van der Waals surface area contributed by atoms with E-state index in [1.54, 1.807) is 0 Å². The van der Waals surface area contributed by atoms with Gasteiger partial charge in [0.1, 0.15) is 0 Å². The van der Waals surface area contributed by atoms with Crippen LogP contribution in [0.5, 0.6) is 0 Å². The highest BCUT2D eigenvalue weighted by molar-refractivity contribution is 7.80. The summed E-state index contributed by atoms with van der Waals surface area (Å²) in [5.74, 6) is 0.806. The topological polar surface area (TPSA) is 0 Å². The van der Waals surface area contributed by atoms with Gasteiger partial charge in [0.25, 0.3) is 0 Å². The van der Waals surface area contributed by atoms with Crippen molar-refractivity contribution >= 4 is 17.1 Å². The maximum absolute atomic E-state index is 5.09. The second kappa shape index (κ2) is 7.25. The maximum atomic E-state index is 5.09. The first kappa shape index (κ1) is 12.8. The van der Waals surface area contributed by atoms with E-state index in [2.05, 4.69) is 20.4 Å². The summed E-state index contributed by atoms with van der Waals surface area (Å²) in [5, 5.41) is 0. The number of hydrogen-bond acceptors (Lipinski definition) is 1. The van der Waals surface area contributed by atoms with E-state index in [1.807, 2.05) is 6.92 Å². The van der Waals surface area contributed by atoms with Gasteiger partial charge in [0, 0.05) is 0 Å². The summed E-state index contributed by atoms with van der Waals surface area (Å²) in [6.45, 7) is 10.4. The average Bonchev–Trinajstić information content (AvgIpc) is 1.99. The Morgan fingerprint density at radius 3 is 2.31 bits per heavy atom. The van der Waals surface area contributed by atoms with Crippen LogP contribution < -0.4 is 0 Å². The molecule has 0 aliphatic rings. The molecule has 1 unspecified atom stereocenters. The second-order valence-electron chi connectivity index (χ2n) is 4.06. The fourth-order valence-electron chi connectivity index (χ4n) is 1.66. The van der Waals surface area contributed by atoms with Crippen LogP contribution in [0.15, 0.2) is 12.2 Å². The zero-order valence-electron chi connectivity index (χ0n) is 9.23. The highest BCUT2D eigenvalue weighted by Crippen LogP contribution is 2.21. The number of allylic oxidation sites excluding steroid dienone is 1. The largest absolute Gasteiger partial charge is 0.100 e. The Morgan fingerprint density at radius 2 is 1.92 bits per heavy atom. The lowest BCUT2D eigenvalue weighted by molar-refractivity contribution is 0.450. The summed E-state index contributed by atoms with van der Waals surface area (Å²) < 4.78 is 0. The lowest BCUT2D eigenvalue weighted by Gasteiger charge is -2.15. The molecule has 0 nitrogen and oxygen atoms in total. The van der Waals surface area contributed by atoms with Gasteiger partial charge < -0.3 is 0 Å². The predicted octanol–water partition coefficient (Wildman–Crippen LogP) is 4.54. The van der Waals surface area contributed by atoms with Crippen molar-refractivity contribution in [2.45, 2.75) is 52.9 Å². The number of hydrogen-bond donors (Lipinski definition) is 0. The summed E-state index contributed by atoms with van der Waals surface area (Å²) in [6.07, 6.45) is 6.11. The van der Waals surface area contributed by atoms with Gasteiger partial charge in [0.15, 0.2) is 0 Å². The normalized spacial score (nSPS) is 12.5. The third-order valence-corrected chi connectivity index (χ3v) is 2.44. The van der Waals surface area contributed by atoms with E-state index in [9.17, 15) is 0 Å². The minimum atomic E-state index is 0.806. The highest BCUT2D eigenvalue weighted by Gasteiger charge is 2.07. The van der Waals surface area contributed by atoms with Gasteiger partial charge in [-0.2, -0.15) is 0 Å². The molecule has 0 fully saturated rings. The molecule has 0 aromatic rings. The number of rotatable bonds is 7. The van der Waals surface area contributed by atoms with E-state index >= 15 is 0 Å². The Labute approximate surface area is 88.4 Å². The molecule has 0 aromatic heterocycles. The maximum Gasteiger partial charge on any atom is -0.0102 e. The molecule has 1 atom stereocenters. The van der Waals surface area contributed by atoms with Gasteiger partial charge >= 0.3 is 0 Å². The molecule has 0 rings (SSSR count). The fraction of sp³-hybridized carbons (Fsp3) is 0.750. The molecule has 0 aliphatic heterocycles. The van der Waals surface area contributed by atoms with Crippen molar-refractivity contribution < 1.29 is 0 Å². The Morgan fingerprint density at radius 1 is 1.31 bits per heavy atom. The van der Waals surface area contributed by atoms with Gasteiger partial charge in [-0.15, -0.1) is 6.58 Å². The van der Waals surface area contributed by atoms with E-state index in [0.29, 0.717) is 0 Å². The van der Waals surface area contributed by atoms with E-state index in [0.717, 1.165) is 17.2 Å². The first-order valence-corrected chi connectivity index (χ1v) is 5.60. The summed E-state index contributed by atoms with van der Waals surface area (Å²) in [6, 6.07) is 0. The molecule has 0 aromatic carbocycles. The van der Waals surface area contributed by atoms with Crippen molar-refractivity contribution in [3.63, 3.8) is 0 Å². The summed E-state index contributed by atoms with van der Waals surface area (Å²) >= 11 is 5.09. The molecular weight excluding hydrogens is 176 g/mol. The number of thiocarbonyl (C=S) groups is 1. The predicted molar refractivity (Wildman–Crippen MR) is 65.3 cm³/mol. The van der Waals surface area contributed by atoms with Crippen LogP contribution in [0.1, 0.15) is 52.9 Å². The van der Waals surface area contributed by atoms with E-state index in [4.69, 9.17) is 12.2 Å². The van der Waals surface area contributed by atoms with E-state index < -0.39 is 0 Å². The van der Waals surface area contributed by atoms with Crippen LogP contribution in [0.25, 0.3) is 0 Å². The van der Waals surface area contributed by atoms with Crippen molar-refractivity contribution in [2.75, 3.05) is 0 Å². The third kappa shape index (κ3) is 8.17. The summed E-state index contributed by atoms with van der Waals surface area (Å²) in [5.41, 5.74) is 1.31. The van der Waals surface area contributed by atoms with Crippen molar-refractivity contribution in [3.8, 4) is 0 Å². The zero-order chi connectivity index (χ0) is 10.3. The minimum absolute atomic E-state index is 0.806. The molecule has 0 N–H and O–H groups in total. The molecule has 0 radical (unpaired) electrons. The molecule has 0 amide bonds. The van der Waals surface area contributed by atoms with Crippen LogP contribution in [0, 0.1) is 5.92 Å². The minimum Gasteiger partial charge on any atom is -0.100 e. The Hall–Kier alpha value is -0.170. The molecule has 0 saturated heterocycles. The van der Waals surface area contributed by atoms with Gasteiger partial charge in [-0.1, -0.05) is 37.6 Å². The molecule has 0 aliphatic carbocycles. The lowest BCUT2D eigenvalue weighted by atomic mass is 9.91. The van der Waals surface area contributed by atoms with Crippen LogP contribution >= 0.6 is 12.2 Å². The quantitative estimate of drug-likeness (QED) is 0.427. The molecular formula is C12H22S. The summed E-state index contributed by atoms with van der Waals surface area (Å²) in [7, 11) is 0. The Kier molecular flexibility index (Phi) is 7.16. The van der Waals surface area contributed by atoms with Gasteiger partial charge in [-0.3, -0.25) is 0 Å². The van der Waals surface area contributed by atoms with Crippen LogP contribution in [0.2, 0.25) is 0 Å². The Balaban J connectivity index is 3.79. The van der Waals surface area contributed by atoms with Crippen LogP contribution in [0.3, 0.4) is 0 Å². The molecule has 0 saturated carbocycles. The van der Waals surface area contributed by atoms with Crippen molar-refractivity contribution in [2.24, 2.45) is 5.92 Å². The van der Waals surface area contributed by atoms with E-state index in [-0.39, 0.29) is 0 Å². The summed E-state index contributed by atoms with van der Waals surface area (Å²) in [4.78, 5) is 1.14. The SMILES string of the molecule is C=C(C)CC(CCC)CCC(C)=S. The smallest absolute Gasteiger partial charge is 0.0102 e. The first-order valence-electron chi connectivity index (χ1n) is 5.20. The standard InChI is InChI=1S/C12H22S/c1-5-6-12(9-10(2)3)8-7-11(4)13/h12H,2,5-9H2,1,3-4H3. The highest BCUT2D eigenvalue weighted by atomic mass is 32.1. The molecule has 13 heavy (non-hydrogen) atoms.